The molecule has 1 saturated heterocycles. The first kappa shape index (κ1) is 31.7. The number of amides is 3. The second kappa shape index (κ2) is 14.0. The Morgan fingerprint density at radius 1 is 0.957 bits per heavy atom. The van der Waals surface area contributed by atoms with Crippen LogP contribution < -0.4 is 20.1 Å². The number of benzene rings is 3. The van der Waals surface area contributed by atoms with Crippen LogP contribution in [0.1, 0.15) is 62.5 Å². The van der Waals surface area contributed by atoms with E-state index in [1.807, 2.05) is 17.2 Å². The van der Waals surface area contributed by atoms with Gasteiger partial charge in [0.05, 0.1) is 38.1 Å². The van der Waals surface area contributed by atoms with Crippen molar-refractivity contribution in [2.75, 3.05) is 38.0 Å². The van der Waals surface area contributed by atoms with Crippen LogP contribution in [-0.4, -0.2) is 68.2 Å². The van der Waals surface area contributed by atoms with Gasteiger partial charge in [0.25, 0.3) is 11.8 Å². The second-order valence-corrected chi connectivity index (χ2v) is 12.3. The van der Waals surface area contributed by atoms with Crippen LogP contribution in [0.2, 0.25) is 0 Å². The average molecular weight is 655 g/mol. The quantitative estimate of drug-likeness (QED) is 0.148. The van der Waals surface area contributed by atoms with Gasteiger partial charge in [-0.3, -0.25) is 19.4 Å². The Hall–Kier alpha value is -5.23. The first-order chi connectivity index (χ1) is 22.8. The van der Waals surface area contributed by atoms with Crippen molar-refractivity contribution in [2.45, 2.75) is 38.1 Å². The standard InChI is InChI=1S/C35H34N4O7S/c1-44-28-18-26-27(36-20-25-6-3-4-14-39(25)34(26)42)19-29(28)46-15-5-7-32(40)37-23-10-8-21(9-11-23)33(41)38-24-12-13-30-22(16-24)17-31(47-30)35(43)45-2/h8-13,16-20,25H,3-7,14-15H2,1-2H3,(H,37,40)(H,38,41)/t25-/m1/s1. The number of nitrogens with zero attached hydrogens (tertiary/aromatic N) is 2. The minimum absolute atomic E-state index is 0.00307. The number of thiophene rings is 1. The highest BCUT2D eigenvalue weighted by Crippen LogP contribution is 2.38. The normalized spacial score (nSPS) is 15.3. The van der Waals surface area contributed by atoms with Crippen LogP contribution in [0.15, 0.2) is 65.7 Å². The largest absolute Gasteiger partial charge is 0.493 e. The van der Waals surface area contributed by atoms with Crippen molar-refractivity contribution in [3.63, 3.8) is 0 Å². The van der Waals surface area contributed by atoms with E-state index in [0.717, 1.165) is 29.3 Å². The Kier molecular flexibility index (Phi) is 9.48. The van der Waals surface area contributed by atoms with Gasteiger partial charge in [0.1, 0.15) is 4.88 Å². The van der Waals surface area contributed by atoms with E-state index in [2.05, 4.69) is 15.6 Å². The molecule has 242 valence electrons. The summed E-state index contributed by atoms with van der Waals surface area (Å²) in [5, 5.41) is 6.54. The van der Waals surface area contributed by atoms with Gasteiger partial charge >= 0.3 is 5.97 Å². The number of carbonyl (C=O) groups is 4. The third-order valence-electron chi connectivity index (χ3n) is 8.11. The lowest BCUT2D eigenvalue weighted by Crippen LogP contribution is -2.43. The zero-order chi connectivity index (χ0) is 32.9. The molecule has 3 aromatic carbocycles. The molecule has 6 rings (SSSR count). The number of fused-ring (bicyclic) bond motifs is 3. The number of aliphatic imine (C=N–C) groups is 1. The smallest absolute Gasteiger partial charge is 0.348 e. The average Bonchev–Trinajstić information content (AvgIpc) is 3.46. The molecule has 2 aliphatic heterocycles. The molecule has 47 heavy (non-hydrogen) atoms. The molecule has 2 N–H and O–H groups in total. The van der Waals surface area contributed by atoms with Crippen molar-refractivity contribution in [2.24, 2.45) is 4.99 Å². The highest BCUT2D eigenvalue weighted by Gasteiger charge is 2.31. The fourth-order valence-electron chi connectivity index (χ4n) is 5.65. The zero-order valence-electron chi connectivity index (χ0n) is 26.0. The van der Waals surface area contributed by atoms with E-state index in [9.17, 15) is 19.2 Å². The summed E-state index contributed by atoms with van der Waals surface area (Å²) in [6.07, 6.45) is 5.46. The van der Waals surface area contributed by atoms with Crippen LogP contribution in [-0.2, 0) is 9.53 Å². The molecule has 1 aromatic heterocycles. The van der Waals surface area contributed by atoms with Gasteiger partial charge < -0.3 is 29.7 Å². The zero-order valence-corrected chi connectivity index (χ0v) is 26.9. The highest BCUT2D eigenvalue weighted by atomic mass is 32.1. The van der Waals surface area contributed by atoms with Crippen molar-refractivity contribution in [3.8, 4) is 11.5 Å². The molecule has 12 heteroatoms. The SMILES string of the molecule is COC(=O)c1cc2cc(NC(=O)c3ccc(NC(=O)CCCOc4cc5c(cc4OC)C(=O)N4CCCC[C@@H]4C=N5)cc3)ccc2s1. The summed E-state index contributed by atoms with van der Waals surface area (Å²) in [6, 6.07) is 17.2. The van der Waals surface area contributed by atoms with Crippen molar-refractivity contribution >= 4 is 68.4 Å². The van der Waals surface area contributed by atoms with E-state index in [4.69, 9.17) is 14.2 Å². The predicted molar refractivity (Wildman–Crippen MR) is 181 cm³/mol. The van der Waals surface area contributed by atoms with Crippen LogP contribution in [0.25, 0.3) is 10.1 Å². The van der Waals surface area contributed by atoms with Crippen LogP contribution in [0, 0.1) is 0 Å². The summed E-state index contributed by atoms with van der Waals surface area (Å²) in [5.41, 5.74) is 2.63. The summed E-state index contributed by atoms with van der Waals surface area (Å²) >= 11 is 1.32. The van der Waals surface area contributed by atoms with E-state index < -0.39 is 5.97 Å². The summed E-state index contributed by atoms with van der Waals surface area (Å²) in [6.45, 7) is 0.974. The number of esters is 1. The first-order valence-electron chi connectivity index (χ1n) is 15.4. The predicted octanol–water partition coefficient (Wildman–Crippen LogP) is 6.46. The summed E-state index contributed by atoms with van der Waals surface area (Å²) in [4.78, 5) is 57.4. The lowest BCUT2D eigenvalue weighted by molar-refractivity contribution is -0.116. The monoisotopic (exact) mass is 654 g/mol. The van der Waals surface area contributed by atoms with Gasteiger partial charge in [0.15, 0.2) is 11.5 Å². The Bertz CT molecular complexity index is 1870. The van der Waals surface area contributed by atoms with Gasteiger partial charge in [-0.25, -0.2) is 4.79 Å². The third-order valence-corrected chi connectivity index (χ3v) is 9.20. The molecule has 0 spiro atoms. The minimum atomic E-state index is -0.399. The van der Waals surface area contributed by atoms with E-state index in [-0.39, 0.29) is 36.8 Å². The first-order valence-corrected chi connectivity index (χ1v) is 16.2. The summed E-state index contributed by atoms with van der Waals surface area (Å²) < 4.78 is 17.2. The number of rotatable bonds is 10. The Balaban J connectivity index is 0.992. The van der Waals surface area contributed by atoms with Gasteiger partial charge in [-0.05, 0) is 85.7 Å². The molecule has 0 unspecified atom stereocenters. The van der Waals surface area contributed by atoms with E-state index in [1.165, 1.54) is 25.6 Å². The number of hydrogen-bond donors (Lipinski definition) is 2. The van der Waals surface area contributed by atoms with E-state index >= 15 is 0 Å². The number of ether oxygens (including phenoxy) is 3. The molecule has 0 saturated carbocycles. The molecule has 3 heterocycles. The molecule has 0 radical (unpaired) electrons. The summed E-state index contributed by atoms with van der Waals surface area (Å²) in [7, 11) is 2.86. The number of hydrogen-bond acceptors (Lipinski definition) is 9. The number of methoxy groups -OCH3 is 2. The van der Waals surface area contributed by atoms with Gasteiger partial charge in [0.2, 0.25) is 5.91 Å². The van der Waals surface area contributed by atoms with Crippen molar-refractivity contribution < 1.29 is 33.4 Å². The maximum absolute atomic E-state index is 13.2. The molecule has 2 aliphatic rings. The van der Waals surface area contributed by atoms with E-state index in [1.54, 1.807) is 54.6 Å². The number of piperidine rings is 1. The topological polar surface area (TPSA) is 136 Å². The summed E-state index contributed by atoms with van der Waals surface area (Å²) in [5.74, 6) is -0.0410. The Morgan fingerprint density at radius 3 is 2.55 bits per heavy atom. The number of carbonyl (C=O) groups excluding carboxylic acids is 4. The number of anilines is 2. The third kappa shape index (κ3) is 7.12. The lowest BCUT2D eigenvalue weighted by Gasteiger charge is -2.32. The fraction of sp³-hybridized carbons (Fsp3) is 0.286. The molecule has 1 fully saturated rings. The van der Waals surface area contributed by atoms with Crippen LogP contribution in [0.4, 0.5) is 17.1 Å². The van der Waals surface area contributed by atoms with Crippen LogP contribution >= 0.6 is 11.3 Å². The fourth-order valence-corrected chi connectivity index (χ4v) is 6.62. The second-order valence-electron chi connectivity index (χ2n) is 11.2. The maximum atomic E-state index is 13.2. The van der Waals surface area contributed by atoms with Crippen molar-refractivity contribution in [1.82, 2.24) is 4.90 Å². The van der Waals surface area contributed by atoms with E-state index in [0.29, 0.717) is 57.5 Å². The molecular weight excluding hydrogens is 620 g/mol. The molecule has 11 nitrogen and oxygen atoms in total. The Labute approximate surface area is 275 Å². The van der Waals surface area contributed by atoms with Gasteiger partial charge in [0, 0.05) is 46.9 Å². The molecule has 0 aliphatic carbocycles. The van der Waals surface area contributed by atoms with Crippen LogP contribution in [0.5, 0.6) is 11.5 Å². The maximum Gasteiger partial charge on any atom is 0.348 e. The molecule has 3 amide bonds. The van der Waals surface area contributed by atoms with Gasteiger partial charge in [-0.15, -0.1) is 11.3 Å². The van der Waals surface area contributed by atoms with Crippen molar-refractivity contribution in [1.29, 1.82) is 0 Å². The van der Waals surface area contributed by atoms with Gasteiger partial charge in [-0.1, -0.05) is 0 Å². The highest BCUT2D eigenvalue weighted by molar-refractivity contribution is 7.20. The van der Waals surface area contributed by atoms with Gasteiger partial charge in [-0.2, -0.15) is 0 Å². The molecule has 4 aromatic rings. The molecule has 1 atom stereocenters. The molecular formula is C35H34N4O7S. The minimum Gasteiger partial charge on any atom is -0.493 e. The van der Waals surface area contributed by atoms with Crippen LogP contribution in [0.3, 0.4) is 0 Å². The Morgan fingerprint density at radius 2 is 1.77 bits per heavy atom. The lowest BCUT2D eigenvalue weighted by atomic mass is 10.0. The molecule has 0 bridgehead atoms. The van der Waals surface area contributed by atoms with Crippen molar-refractivity contribution in [3.05, 3.63) is 76.7 Å². The number of nitrogens with one attached hydrogen (secondary N) is 2.